The molecule has 0 aromatic heterocycles. The Kier molecular flexibility index (Phi) is 4.07. The van der Waals surface area contributed by atoms with Crippen LogP contribution in [0.5, 0.6) is 5.75 Å². The van der Waals surface area contributed by atoms with E-state index in [0.29, 0.717) is 17.8 Å². The second-order valence-electron chi connectivity index (χ2n) is 4.94. The van der Waals surface area contributed by atoms with E-state index in [0.717, 1.165) is 29.7 Å². The maximum absolute atomic E-state index is 9.83. The van der Waals surface area contributed by atoms with Gasteiger partial charge < -0.3 is 10.4 Å². The van der Waals surface area contributed by atoms with Crippen LogP contribution in [0.15, 0.2) is 22.7 Å². The first kappa shape index (κ1) is 12.9. The molecule has 3 nitrogen and oxygen atoms in total. The largest absolute Gasteiger partial charge is 0.508 e. The van der Waals surface area contributed by atoms with Crippen LogP contribution >= 0.6 is 15.9 Å². The molecule has 2 atom stereocenters. The molecule has 1 fully saturated rings. The predicted molar refractivity (Wildman–Crippen MR) is 73.1 cm³/mol. The van der Waals surface area contributed by atoms with Gasteiger partial charge in [-0.2, -0.15) is 0 Å². The summed E-state index contributed by atoms with van der Waals surface area (Å²) in [6.07, 6.45) is 0. The lowest BCUT2D eigenvalue weighted by Crippen LogP contribution is -2.53. The molecular formula is C13H19BrN2O. The molecule has 0 bridgehead atoms. The Morgan fingerprint density at radius 1 is 1.35 bits per heavy atom. The molecule has 0 radical (unpaired) electrons. The van der Waals surface area contributed by atoms with Crippen LogP contribution in [0.3, 0.4) is 0 Å². The summed E-state index contributed by atoms with van der Waals surface area (Å²) in [6, 6.07) is 6.62. The van der Waals surface area contributed by atoms with Gasteiger partial charge in [-0.15, -0.1) is 0 Å². The van der Waals surface area contributed by atoms with Crippen molar-refractivity contribution in [2.24, 2.45) is 0 Å². The van der Waals surface area contributed by atoms with E-state index in [1.165, 1.54) is 0 Å². The smallest absolute Gasteiger partial charge is 0.120 e. The lowest BCUT2D eigenvalue weighted by atomic mass is 10.1. The maximum atomic E-state index is 9.83. The molecule has 4 heteroatoms. The van der Waals surface area contributed by atoms with Crippen LogP contribution in [-0.2, 0) is 6.54 Å². The number of hydrogen-bond donors (Lipinski definition) is 2. The Morgan fingerprint density at radius 3 is 2.65 bits per heavy atom. The van der Waals surface area contributed by atoms with Crippen molar-refractivity contribution >= 4 is 15.9 Å². The molecule has 1 saturated heterocycles. The minimum absolute atomic E-state index is 0.382. The third-order valence-electron chi connectivity index (χ3n) is 3.07. The number of phenols is 1. The van der Waals surface area contributed by atoms with E-state index >= 15 is 0 Å². The van der Waals surface area contributed by atoms with Crippen LogP contribution in [0, 0.1) is 0 Å². The Hall–Kier alpha value is -0.580. The third kappa shape index (κ3) is 3.44. The van der Waals surface area contributed by atoms with Crippen LogP contribution in [0.2, 0.25) is 0 Å². The van der Waals surface area contributed by atoms with Gasteiger partial charge in [0.15, 0.2) is 0 Å². The fourth-order valence-corrected chi connectivity index (χ4v) is 2.90. The molecule has 2 rings (SSSR count). The van der Waals surface area contributed by atoms with Crippen molar-refractivity contribution < 1.29 is 5.11 Å². The van der Waals surface area contributed by atoms with Crippen LogP contribution in [0.4, 0.5) is 0 Å². The average molecular weight is 299 g/mol. The van der Waals surface area contributed by atoms with Gasteiger partial charge >= 0.3 is 0 Å². The summed E-state index contributed by atoms with van der Waals surface area (Å²) in [5.41, 5.74) is 0.987. The van der Waals surface area contributed by atoms with Crippen LogP contribution < -0.4 is 5.32 Å². The molecule has 17 heavy (non-hydrogen) atoms. The van der Waals surface area contributed by atoms with E-state index in [9.17, 15) is 5.11 Å². The van der Waals surface area contributed by atoms with E-state index in [4.69, 9.17) is 0 Å². The lowest BCUT2D eigenvalue weighted by molar-refractivity contribution is 0.165. The first-order valence-corrected chi connectivity index (χ1v) is 6.79. The van der Waals surface area contributed by atoms with Gasteiger partial charge in [-0.05, 0) is 32.0 Å². The van der Waals surface area contributed by atoms with Gasteiger partial charge in [0.25, 0.3) is 0 Å². The Balaban J connectivity index is 2.07. The summed E-state index contributed by atoms with van der Waals surface area (Å²) in [5.74, 6) is 0.382. The molecular weight excluding hydrogens is 280 g/mol. The minimum atomic E-state index is 0.382. The Bertz CT molecular complexity index is 387. The number of phenolic OH excluding ortho intramolecular Hbond substituents is 1. The summed E-state index contributed by atoms with van der Waals surface area (Å²) in [4.78, 5) is 2.38. The molecule has 1 heterocycles. The number of nitrogens with zero attached hydrogens (tertiary/aromatic N) is 1. The van der Waals surface area contributed by atoms with Gasteiger partial charge in [0.2, 0.25) is 0 Å². The van der Waals surface area contributed by atoms with E-state index in [1.54, 1.807) is 6.07 Å². The van der Waals surface area contributed by atoms with Crippen molar-refractivity contribution in [1.82, 2.24) is 10.2 Å². The van der Waals surface area contributed by atoms with E-state index < -0.39 is 0 Å². The van der Waals surface area contributed by atoms with Crippen molar-refractivity contribution in [3.05, 3.63) is 28.2 Å². The predicted octanol–water partition coefficient (Wildman–Crippen LogP) is 2.34. The molecule has 2 unspecified atom stereocenters. The third-order valence-corrected chi connectivity index (χ3v) is 3.56. The monoisotopic (exact) mass is 298 g/mol. The molecule has 0 aliphatic carbocycles. The number of aromatic hydroxyl groups is 1. The topological polar surface area (TPSA) is 35.5 Å². The number of piperazine rings is 1. The molecule has 1 aliphatic rings. The standard InChI is InChI=1S/C13H19BrN2O/c1-9-6-16(7-10(2)15-9)8-11-5-12(14)3-4-13(11)17/h3-5,9-10,15,17H,6-8H2,1-2H3. The highest BCUT2D eigenvalue weighted by molar-refractivity contribution is 9.10. The van der Waals surface area contributed by atoms with Crippen molar-refractivity contribution in [3.63, 3.8) is 0 Å². The number of benzene rings is 1. The summed E-state index contributed by atoms with van der Waals surface area (Å²) in [7, 11) is 0. The first-order valence-electron chi connectivity index (χ1n) is 6.00. The van der Waals surface area contributed by atoms with Crippen LogP contribution in [0.25, 0.3) is 0 Å². The van der Waals surface area contributed by atoms with Gasteiger partial charge in [-0.25, -0.2) is 0 Å². The Morgan fingerprint density at radius 2 is 2.00 bits per heavy atom. The van der Waals surface area contributed by atoms with Crippen molar-refractivity contribution in [1.29, 1.82) is 0 Å². The number of halogens is 1. The van der Waals surface area contributed by atoms with Gasteiger partial charge in [0.05, 0.1) is 0 Å². The molecule has 0 saturated carbocycles. The van der Waals surface area contributed by atoms with Gasteiger partial charge in [0.1, 0.15) is 5.75 Å². The molecule has 0 spiro atoms. The highest BCUT2D eigenvalue weighted by atomic mass is 79.9. The van der Waals surface area contributed by atoms with Gasteiger partial charge in [0, 0.05) is 41.8 Å². The second kappa shape index (κ2) is 5.38. The summed E-state index contributed by atoms with van der Waals surface area (Å²) < 4.78 is 1.02. The fourth-order valence-electron chi connectivity index (χ4n) is 2.49. The van der Waals surface area contributed by atoms with Crippen LogP contribution in [-0.4, -0.2) is 35.2 Å². The highest BCUT2D eigenvalue weighted by Crippen LogP contribution is 2.23. The fraction of sp³-hybridized carbons (Fsp3) is 0.538. The minimum Gasteiger partial charge on any atom is -0.508 e. The lowest BCUT2D eigenvalue weighted by Gasteiger charge is -2.36. The normalized spacial score (nSPS) is 26.1. The van der Waals surface area contributed by atoms with Crippen molar-refractivity contribution in [2.75, 3.05) is 13.1 Å². The summed E-state index contributed by atoms with van der Waals surface area (Å²) >= 11 is 3.44. The van der Waals surface area contributed by atoms with Crippen LogP contribution in [0.1, 0.15) is 19.4 Å². The zero-order chi connectivity index (χ0) is 12.4. The average Bonchev–Trinajstić information content (AvgIpc) is 2.22. The van der Waals surface area contributed by atoms with Crippen molar-refractivity contribution in [3.8, 4) is 5.75 Å². The maximum Gasteiger partial charge on any atom is 0.120 e. The molecule has 2 N–H and O–H groups in total. The first-order chi connectivity index (χ1) is 8.04. The SMILES string of the molecule is CC1CN(Cc2cc(Br)ccc2O)CC(C)N1. The summed E-state index contributed by atoms with van der Waals surface area (Å²) in [6.45, 7) is 7.25. The van der Waals surface area contributed by atoms with Crippen molar-refractivity contribution in [2.45, 2.75) is 32.5 Å². The number of rotatable bonds is 2. The summed E-state index contributed by atoms with van der Waals surface area (Å²) in [5, 5.41) is 13.3. The zero-order valence-corrected chi connectivity index (χ0v) is 11.9. The van der Waals surface area contributed by atoms with E-state index in [1.807, 2.05) is 12.1 Å². The second-order valence-corrected chi connectivity index (χ2v) is 5.85. The van der Waals surface area contributed by atoms with E-state index in [2.05, 4.69) is 40.0 Å². The molecule has 1 aromatic rings. The Labute approximate surface area is 111 Å². The van der Waals surface area contributed by atoms with Gasteiger partial charge in [-0.1, -0.05) is 15.9 Å². The number of hydrogen-bond acceptors (Lipinski definition) is 3. The van der Waals surface area contributed by atoms with E-state index in [-0.39, 0.29) is 0 Å². The molecule has 1 aliphatic heterocycles. The molecule has 1 aromatic carbocycles. The van der Waals surface area contributed by atoms with Gasteiger partial charge in [-0.3, -0.25) is 4.90 Å². The molecule has 94 valence electrons. The quantitative estimate of drug-likeness (QED) is 0.880. The molecule has 0 amide bonds. The zero-order valence-electron chi connectivity index (χ0n) is 10.3. The number of nitrogens with one attached hydrogen (secondary N) is 1. The highest BCUT2D eigenvalue weighted by Gasteiger charge is 2.21.